The summed E-state index contributed by atoms with van der Waals surface area (Å²) in [6.07, 6.45) is 0. The van der Waals surface area contributed by atoms with Crippen molar-refractivity contribution in [2.45, 2.75) is 0 Å². The van der Waals surface area contributed by atoms with Crippen LogP contribution in [0.2, 0.25) is 0 Å². The van der Waals surface area contributed by atoms with Gasteiger partial charge in [-0.3, -0.25) is 10.1 Å². The first kappa shape index (κ1) is 10.5. The van der Waals surface area contributed by atoms with Crippen LogP contribution in [0.1, 0.15) is 0 Å². The average molecular weight is 148 g/mol. The van der Waals surface area contributed by atoms with Gasteiger partial charge in [-0.2, -0.15) is 0 Å². The lowest BCUT2D eigenvalue weighted by Gasteiger charge is -1.87. The number of hydrogen-bond donors (Lipinski definition) is 3. The van der Waals surface area contributed by atoms with Crippen molar-refractivity contribution >= 4 is 34.9 Å². The molecule has 8 heavy (non-hydrogen) atoms. The summed E-state index contributed by atoms with van der Waals surface area (Å²) in [7, 11) is 0. The number of thiol groups is 1. The van der Waals surface area contributed by atoms with Crippen molar-refractivity contribution in [2.75, 3.05) is 0 Å². The molecule has 0 unspecified atom stereocenters. The lowest BCUT2D eigenvalue weighted by atomic mass is 11.0. The van der Waals surface area contributed by atoms with Gasteiger partial charge in [0.2, 0.25) is 0 Å². The van der Waals surface area contributed by atoms with Crippen LogP contribution >= 0.6 is 12.6 Å². The molecule has 0 spiro atoms. The molecule has 0 aromatic rings. The Labute approximate surface area is 56.2 Å². The van der Waals surface area contributed by atoms with Crippen LogP contribution < -0.4 is 11.1 Å². The minimum Gasteiger partial charge on any atom is -0.351 e. The molecule has 0 rings (SSSR count). The molecule has 0 bridgehead atoms. The second kappa shape index (κ2) is 4.66. The number of amides is 3. The summed E-state index contributed by atoms with van der Waals surface area (Å²) in [6.45, 7) is 0. The molecule has 3 N–H and O–H groups in total. The van der Waals surface area contributed by atoms with E-state index in [0.717, 1.165) is 0 Å². The van der Waals surface area contributed by atoms with Crippen LogP contribution in [0, 0.1) is 0 Å². The van der Waals surface area contributed by atoms with Crippen molar-refractivity contribution in [3.05, 3.63) is 0 Å². The fraction of sp³-hybridized carbons (Fsp3) is 0. The number of hydrogen-bond acceptors (Lipinski definition) is 2. The molecule has 6 heteroatoms. The van der Waals surface area contributed by atoms with Gasteiger partial charge in [-0.15, -0.1) is 0 Å². The topological polar surface area (TPSA) is 72.2 Å². The van der Waals surface area contributed by atoms with Gasteiger partial charge in [-0.05, 0) is 0 Å². The number of rotatable bonds is 0. The maximum atomic E-state index is 9.71. The fourth-order valence-corrected chi connectivity index (χ4v) is 0.216. The van der Waals surface area contributed by atoms with Gasteiger partial charge >= 0.3 is 6.03 Å². The predicted molar refractivity (Wildman–Crippen MR) is 32.9 cm³/mol. The molecule has 0 aromatic carbocycles. The number of carbonyl (C=O) groups excluding carboxylic acids is 2. The molecule has 0 aromatic heterocycles. The first-order valence-electron chi connectivity index (χ1n) is 1.42. The maximum Gasteiger partial charge on any atom is 0.319 e. The Morgan fingerprint density at radius 2 is 1.88 bits per heavy atom. The first-order valence-corrected chi connectivity index (χ1v) is 1.87. The summed E-state index contributed by atoms with van der Waals surface area (Å²) in [5, 5.41) is 0.927. The fourth-order valence-electron chi connectivity index (χ4n) is 0.105. The second-order valence-corrected chi connectivity index (χ2v) is 1.20. The van der Waals surface area contributed by atoms with E-state index < -0.39 is 11.3 Å². The normalized spacial score (nSPS) is 6.62. The molecular formula is C2H4N2O2SSi. The first-order chi connectivity index (χ1) is 3.13. The van der Waals surface area contributed by atoms with E-state index in [-0.39, 0.29) is 11.0 Å². The zero-order valence-electron chi connectivity index (χ0n) is 3.84. The SMILES string of the molecule is NC(=O)NC(=O)S.[Si]. The van der Waals surface area contributed by atoms with E-state index in [2.05, 4.69) is 18.4 Å². The van der Waals surface area contributed by atoms with Crippen LogP contribution in [0.3, 0.4) is 0 Å². The largest absolute Gasteiger partial charge is 0.351 e. The zero-order chi connectivity index (χ0) is 5.86. The Morgan fingerprint density at radius 1 is 1.50 bits per heavy atom. The van der Waals surface area contributed by atoms with Gasteiger partial charge in [-0.25, -0.2) is 4.79 Å². The zero-order valence-corrected chi connectivity index (χ0v) is 5.74. The van der Waals surface area contributed by atoms with Crippen LogP contribution in [-0.4, -0.2) is 22.2 Å². The van der Waals surface area contributed by atoms with Gasteiger partial charge in [-0.1, -0.05) is 12.6 Å². The average Bonchev–Trinajstić information content (AvgIpc) is 1.27. The quantitative estimate of drug-likeness (QED) is 0.315. The third kappa shape index (κ3) is 9.10. The molecule has 44 valence electrons. The molecule has 0 saturated carbocycles. The molecule has 0 saturated heterocycles. The van der Waals surface area contributed by atoms with Crippen LogP contribution in [0.5, 0.6) is 0 Å². The summed E-state index contributed by atoms with van der Waals surface area (Å²) in [4.78, 5) is 19.4. The lowest BCUT2D eigenvalue weighted by molar-refractivity contribution is 0.242. The highest BCUT2D eigenvalue weighted by Gasteiger charge is 1.92. The van der Waals surface area contributed by atoms with E-state index >= 15 is 0 Å². The number of urea groups is 1. The second-order valence-electron chi connectivity index (χ2n) is 0.794. The van der Waals surface area contributed by atoms with E-state index in [9.17, 15) is 9.59 Å². The van der Waals surface area contributed by atoms with Gasteiger partial charge in [0, 0.05) is 11.0 Å². The smallest absolute Gasteiger partial charge is 0.319 e. The number of carbonyl (C=O) groups is 2. The molecule has 0 aliphatic carbocycles. The number of nitrogens with two attached hydrogens (primary N) is 1. The molecular weight excluding hydrogens is 144 g/mol. The van der Waals surface area contributed by atoms with Crippen molar-refractivity contribution in [3.8, 4) is 0 Å². The van der Waals surface area contributed by atoms with Gasteiger partial charge in [0.05, 0.1) is 0 Å². The number of nitrogens with one attached hydrogen (secondary N) is 1. The minimum atomic E-state index is -0.889. The Kier molecular flexibility index (Phi) is 6.11. The van der Waals surface area contributed by atoms with E-state index in [4.69, 9.17) is 0 Å². The molecule has 4 nitrogen and oxygen atoms in total. The summed E-state index contributed by atoms with van der Waals surface area (Å²) in [5.41, 5.74) is 4.47. The van der Waals surface area contributed by atoms with Gasteiger partial charge < -0.3 is 5.73 Å². The summed E-state index contributed by atoms with van der Waals surface area (Å²) in [6, 6.07) is -0.889. The monoisotopic (exact) mass is 148 g/mol. The Hall–Kier alpha value is -0.493. The van der Waals surface area contributed by atoms with E-state index in [0.29, 0.717) is 0 Å². The molecule has 4 radical (unpaired) electrons. The third-order valence-corrected chi connectivity index (χ3v) is 0.342. The van der Waals surface area contributed by atoms with Crippen molar-refractivity contribution in [1.82, 2.24) is 5.32 Å². The molecule has 0 aliphatic heterocycles. The Bertz CT molecular complexity index is 94.2. The van der Waals surface area contributed by atoms with Crippen molar-refractivity contribution in [3.63, 3.8) is 0 Å². The molecule has 0 heterocycles. The molecule has 0 atom stereocenters. The molecule has 0 fully saturated rings. The van der Waals surface area contributed by atoms with Crippen LogP contribution in [0.15, 0.2) is 0 Å². The van der Waals surface area contributed by atoms with E-state index in [1.807, 2.05) is 0 Å². The highest BCUT2D eigenvalue weighted by molar-refractivity contribution is 7.96. The predicted octanol–water partition coefficient (Wildman–Crippen LogP) is -0.676. The Morgan fingerprint density at radius 3 is 1.88 bits per heavy atom. The van der Waals surface area contributed by atoms with Crippen LogP contribution in [0.25, 0.3) is 0 Å². The van der Waals surface area contributed by atoms with Crippen LogP contribution in [0.4, 0.5) is 9.59 Å². The number of primary amides is 1. The maximum absolute atomic E-state index is 9.71. The molecule has 0 aliphatic rings. The Balaban J connectivity index is 0. The van der Waals surface area contributed by atoms with Crippen LogP contribution in [-0.2, 0) is 0 Å². The van der Waals surface area contributed by atoms with Gasteiger partial charge in [0.1, 0.15) is 0 Å². The van der Waals surface area contributed by atoms with E-state index in [1.54, 1.807) is 5.32 Å². The third-order valence-electron chi connectivity index (χ3n) is 0.230. The highest BCUT2D eigenvalue weighted by Crippen LogP contribution is 1.71. The standard InChI is InChI=1S/C2H4N2O2S.Si/c3-1(5)4-2(6)7;/h(H4,3,4,5,6,7);. The van der Waals surface area contributed by atoms with E-state index in [1.165, 1.54) is 0 Å². The molecule has 3 amide bonds. The lowest BCUT2D eigenvalue weighted by Crippen LogP contribution is -2.30. The van der Waals surface area contributed by atoms with Gasteiger partial charge in [0.25, 0.3) is 5.24 Å². The van der Waals surface area contributed by atoms with Crippen molar-refractivity contribution < 1.29 is 9.59 Å². The van der Waals surface area contributed by atoms with Crippen molar-refractivity contribution in [1.29, 1.82) is 0 Å². The summed E-state index contributed by atoms with van der Waals surface area (Å²) >= 11 is 3.19. The summed E-state index contributed by atoms with van der Waals surface area (Å²) < 4.78 is 0. The highest BCUT2D eigenvalue weighted by atomic mass is 32.1. The van der Waals surface area contributed by atoms with Gasteiger partial charge in [0.15, 0.2) is 0 Å². The van der Waals surface area contributed by atoms with Crippen molar-refractivity contribution in [2.24, 2.45) is 5.73 Å². The summed E-state index contributed by atoms with van der Waals surface area (Å²) in [5.74, 6) is 0. The number of imide groups is 1. The minimum absolute atomic E-state index is 0.